The molecular weight excluding hydrogens is 436 g/mol. The monoisotopic (exact) mass is 466 g/mol. The maximum atomic E-state index is 12.9. The number of rotatable bonds is 7. The summed E-state index contributed by atoms with van der Waals surface area (Å²) in [6.07, 6.45) is 1.09. The van der Waals surface area contributed by atoms with Gasteiger partial charge in [0.1, 0.15) is 11.4 Å². The highest BCUT2D eigenvalue weighted by Crippen LogP contribution is 2.35. The Morgan fingerprint density at radius 2 is 1.88 bits per heavy atom. The number of likely N-dealkylation sites (tertiary alicyclic amines) is 1. The number of ether oxygens (including phenoxy) is 3. The molecule has 1 saturated heterocycles. The first-order valence-corrected chi connectivity index (χ1v) is 11.3. The van der Waals surface area contributed by atoms with Crippen molar-refractivity contribution in [2.75, 3.05) is 32.6 Å². The number of anilines is 1. The number of methoxy groups -OCH3 is 2. The molecule has 8 nitrogen and oxygen atoms in total. The lowest BCUT2D eigenvalue weighted by atomic mass is 9.93. The van der Waals surface area contributed by atoms with Gasteiger partial charge in [-0.15, -0.1) is 0 Å². The standard InChI is InChI=1S/C26H30N2O6/c1-26(2)14-20(29)19-13-18(6-8-21(19)34-26)27-25(31)17-12-24(30)28(15-17)10-9-16-5-7-22(32-3)23(11-16)33-4/h5-8,11,13,17H,9-10,12,14-15H2,1-4H3,(H,27,31). The minimum Gasteiger partial charge on any atom is -0.493 e. The van der Waals surface area contributed by atoms with Crippen LogP contribution in [0.2, 0.25) is 0 Å². The Hall–Kier alpha value is -3.55. The molecule has 2 amide bonds. The first-order valence-electron chi connectivity index (χ1n) is 11.3. The second-order valence-corrected chi connectivity index (χ2v) is 9.34. The Kier molecular flexibility index (Phi) is 6.50. The summed E-state index contributed by atoms with van der Waals surface area (Å²) in [4.78, 5) is 39.6. The molecule has 1 unspecified atom stereocenters. The van der Waals surface area contributed by atoms with Gasteiger partial charge in [0, 0.05) is 25.2 Å². The van der Waals surface area contributed by atoms with Crippen molar-refractivity contribution in [3.05, 3.63) is 47.5 Å². The number of hydrogen-bond acceptors (Lipinski definition) is 6. The minimum absolute atomic E-state index is 0.0141. The van der Waals surface area contributed by atoms with Crippen LogP contribution in [0.1, 0.15) is 42.6 Å². The van der Waals surface area contributed by atoms with E-state index in [4.69, 9.17) is 14.2 Å². The van der Waals surface area contributed by atoms with Crippen LogP contribution in [0, 0.1) is 5.92 Å². The molecule has 0 aromatic heterocycles. The number of fused-ring (bicyclic) bond motifs is 1. The van der Waals surface area contributed by atoms with Gasteiger partial charge in [-0.3, -0.25) is 14.4 Å². The molecule has 0 bridgehead atoms. The third kappa shape index (κ3) is 5.00. The fourth-order valence-corrected chi connectivity index (χ4v) is 4.44. The van der Waals surface area contributed by atoms with Gasteiger partial charge in [-0.1, -0.05) is 6.07 Å². The number of nitrogens with zero attached hydrogens (tertiary/aromatic N) is 1. The largest absolute Gasteiger partial charge is 0.493 e. The molecule has 0 radical (unpaired) electrons. The number of Topliss-reactive ketones (excluding diaryl/α,β-unsaturated/α-hetero) is 1. The lowest BCUT2D eigenvalue weighted by Gasteiger charge is -2.31. The fourth-order valence-electron chi connectivity index (χ4n) is 4.44. The van der Waals surface area contributed by atoms with E-state index in [1.54, 1.807) is 37.3 Å². The molecule has 34 heavy (non-hydrogen) atoms. The number of ketones is 1. The third-order valence-corrected chi connectivity index (χ3v) is 6.22. The van der Waals surface area contributed by atoms with Crippen molar-refractivity contribution in [2.24, 2.45) is 5.92 Å². The smallest absolute Gasteiger partial charge is 0.229 e. The van der Waals surface area contributed by atoms with Crippen molar-refractivity contribution < 1.29 is 28.6 Å². The Balaban J connectivity index is 1.35. The van der Waals surface area contributed by atoms with E-state index in [0.717, 1.165) is 5.56 Å². The van der Waals surface area contributed by atoms with Crippen LogP contribution in [-0.2, 0) is 16.0 Å². The zero-order valence-corrected chi connectivity index (χ0v) is 20.0. The van der Waals surface area contributed by atoms with E-state index in [1.807, 2.05) is 32.0 Å². The summed E-state index contributed by atoms with van der Waals surface area (Å²) in [6.45, 7) is 4.62. The van der Waals surface area contributed by atoms with Crippen molar-refractivity contribution in [3.8, 4) is 17.2 Å². The van der Waals surface area contributed by atoms with Crippen molar-refractivity contribution in [1.82, 2.24) is 4.90 Å². The van der Waals surface area contributed by atoms with Crippen LogP contribution >= 0.6 is 0 Å². The molecule has 0 aliphatic carbocycles. The summed E-state index contributed by atoms with van der Waals surface area (Å²) < 4.78 is 16.5. The average molecular weight is 467 g/mol. The molecule has 2 heterocycles. The van der Waals surface area contributed by atoms with E-state index >= 15 is 0 Å². The summed E-state index contributed by atoms with van der Waals surface area (Å²) in [6, 6.07) is 10.7. The molecule has 2 aromatic carbocycles. The molecule has 2 aromatic rings. The maximum Gasteiger partial charge on any atom is 0.229 e. The van der Waals surface area contributed by atoms with Crippen molar-refractivity contribution >= 4 is 23.3 Å². The number of nitrogens with one attached hydrogen (secondary N) is 1. The average Bonchev–Trinajstić information content (AvgIpc) is 3.18. The lowest BCUT2D eigenvalue weighted by Crippen LogP contribution is -2.36. The van der Waals surface area contributed by atoms with E-state index in [9.17, 15) is 14.4 Å². The third-order valence-electron chi connectivity index (χ3n) is 6.22. The molecule has 2 aliphatic heterocycles. The molecule has 8 heteroatoms. The van der Waals surface area contributed by atoms with Gasteiger partial charge in [0.2, 0.25) is 11.8 Å². The van der Waals surface area contributed by atoms with Crippen LogP contribution in [0.4, 0.5) is 5.69 Å². The van der Waals surface area contributed by atoms with Gasteiger partial charge in [-0.2, -0.15) is 0 Å². The lowest BCUT2D eigenvalue weighted by molar-refractivity contribution is -0.128. The van der Waals surface area contributed by atoms with Gasteiger partial charge in [0.25, 0.3) is 0 Å². The summed E-state index contributed by atoms with van der Waals surface area (Å²) in [5.74, 6) is 1.08. The van der Waals surface area contributed by atoms with Crippen molar-refractivity contribution in [2.45, 2.75) is 38.7 Å². The van der Waals surface area contributed by atoms with Gasteiger partial charge in [-0.25, -0.2) is 0 Å². The number of hydrogen-bond donors (Lipinski definition) is 1. The molecule has 0 spiro atoms. The second kappa shape index (κ2) is 9.37. The van der Waals surface area contributed by atoms with Gasteiger partial charge in [0.05, 0.1) is 32.1 Å². The van der Waals surface area contributed by atoms with Crippen molar-refractivity contribution in [1.29, 1.82) is 0 Å². The Morgan fingerprint density at radius 1 is 1.12 bits per heavy atom. The van der Waals surface area contributed by atoms with Crippen LogP contribution in [-0.4, -0.2) is 55.4 Å². The number of carbonyl (C=O) groups excluding carboxylic acids is 3. The molecule has 4 rings (SSSR count). The second-order valence-electron chi connectivity index (χ2n) is 9.34. The molecule has 2 aliphatic rings. The minimum atomic E-state index is -0.542. The Bertz CT molecular complexity index is 1130. The van der Waals surface area contributed by atoms with Gasteiger partial charge >= 0.3 is 0 Å². The summed E-state index contributed by atoms with van der Waals surface area (Å²) in [7, 11) is 3.17. The van der Waals surface area contributed by atoms with Crippen LogP contribution < -0.4 is 19.5 Å². The number of carbonyl (C=O) groups is 3. The van der Waals surface area contributed by atoms with E-state index in [2.05, 4.69) is 5.32 Å². The highest BCUT2D eigenvalue weighted by molar-refractivity contribution is 6.03. The highest BCUT2D eigenvalue weighted by Gasteiger charge is 2.35. The first kappa shape index (κ1) is 23.6. The van der Waals surface area contributed by atoms with E-state index in [0.29, 0.717) is 48.0 Å². The quantitative estimate of drug-likeness (QED) is 0.672. The molecule has 180 valence electrons. The molecule has 1 fully saturated rings. The van der Waals surface area contributed by atoms with E-state index in [1.165, 1.54) is 0 Å². The normalized spacial score (nSPS) is 18.8. The summed E-state index contributed by atoms with van der Waals surface area (Å²) >= 11 is 0. The van der Waals surface area contributed by atoms with Crippen LogP contribution in [0.15, 0.2) is 36.4 Å². The van der Waals surface area contributed by atoms with Crippen LogP contribution in [0.3, 0.4) is 0 Å². The fraction of sp³-hybridized carbons (Fsp3) is 0.423. The van der Waals surface area contributed by atoms with Gasteiger partial charge < -0.3 is 24.4 Å². The van der Waals surface area contributed by atoms with Crippen molar-refractivity contribution in [3.63, 3.8) is 0 Å². The topological polar surface area (TPSA) is 94.2 Å². The SMILES string of the molecule is COc1ccc(CCN2CC(C(=O)Nc3ccc4c(c3)C(=O)CC(C)(C)O4)CC2=O)cc1OC. The highest BCUT2D eigenvalue weighted by atomic mass is 16.5. The Labute approximate surface area is 199 Å². The zero-order chi connectivity index (χ0) is 24.5. The zero-order valence-electron chi connectivity index (χ0n) is 20.0. The molecular formula is C26H30N2O6. The maximum absolute atomic E-state index is 12.9. The number of benzene rings is 2. The summed E-state index contributed by atoms with van der Waals surface area (Å²) in [5, 5.41) is 2.86. The number of amides is 2. The van der Waals surface area contributed by atoms with Crippen LogP contribution in [0.5, 0.6) is 17.2 Å². The van der Waals surface area contributed by atoms with Gasteiger partial charge in [-0.05, 0) is 56.2 Å². The van der Waals surface area contributed by atoms with Crippen LogP contribution in [0.25, 0.3) is 0 Å². The molecule has 1 atom stereocenters. The van der Waals surface area contributed by atoms with E-state index < -0.39 is 11.5 Å². The predicted octanol–water partition coefficient (Wildman–Crippen LogP) is 3.48. The first-order chi connectivity index (χ1) is 16.2. The Morgan fingerprint density at radius 3 is 2.62 bits per heavy atom. The predicted molar refractivity (Wildman–Crippen MR) is 127 cm³/mol. The summed E-state index contributed by atoms with van der Waals surface area (Å²) in [5.41, 5.74) is 1.47. The molecule has 0 saturated carbocycles. The van der Waals surface area contributed by atoms with Gasteiger partial charge in [0.15, 0.2) is 17.3 Å². The van der Waals surface area contributed by atoms with E-state index in [-0.39, 0.29) is 30.4 Å². The molecule has 1 N–H and O–H groups in total.